The van der Waals surface area contributed by atoms with Crippen LogP contribution in [0, 0.1) is 13.8 Å². The summed E-state index contributed by atoms with van der Waals surface area (Å²) < 4.78 is 1.70. The molecule has 146 valence electrons. The largest absolute Gasteiger partial charge is 0.350 e. The maximum atomic E-state index is 12.6. The predicted octanol–water partition coefficient (Wildman–Crippen LogP) is 3.61. The fourth-order valence-corrected chi connectivity index (χ4v) is 3.77. The van der Waals surface area contributed by atoms with Gasteiger partial charge in [-0.25, -0.2) is 4.98 Å². The van der Waals surface area contributed by atoms with Gasteiger partial charge in [0.1, 0.15) is 0 Å². The molecule has 2 aromatic heterocycles. The molecule has 0 fully saturated rings. The van der Waals surface area contributed by atoms with Crippen molar-refractivity contribution in [3.63, 3.8) is 0 Å². The van der Waals surface area contributed by atoms with Gasteiger partial charge in [-0.05, 0) is 26.3 Å². The molecule has 0 aliphatic rings. The molecule has 0 saturated heterocycles. The van der Waals surface area contributed by atoms with E-state index < -0.39 is 0 Å². The number of hydrogen-bond donors (Lipinski definition) is 2. The molecule has 0 aliphatic carbocycles. The summed E-state index contributed by atoms with van der Waals surface area (Å²) in [6, 6.07) is 7.81. The van der Waals surface area contributed by atoms with Crippen molar-refractivity contribution in [3.05, 3.63) is 52.2 Å². The lowest BCUT2D eigenvalue weighted by molar-refractivity contribution is -0.119. The Kier molecular flexibility index (Phi) is 5.60. The molecule has 3 rings (SSSR count). The molecule has 28 heavy (non-hydrogen) atoms. The van der Waals surface area contributed by atoms with Crippen LogP contribution < -0.4 is 10.6 Å². The SMILES string of the molecule is CC(=O)NC(C)c1ccc(-c2csc(NC(=O)c3c(C)nn(C)c3C)n2)cc1. The first-order valence-electron chi connectivity index (χ1n) is 8.90. The molecule has 2 amide bonds. The van der Waals surface area contributed by atoms with Crippen molar-refractivity contribution in [1.29, 1.82) is 0 Å². The number of benzene rings is 1. The van der Waals surface area contributed by atoms with Crippen molar-refractivity contribution in [2.45, 2.75) is 33.7 Å². The Morgan fingerprint density at radius 2 is 1.86 bits per heavy atom. The van der Waals surface area contributed by atoms with Gasteiger partial charge in [-0.15, -0.1) is 11.3 Å². The molecule has 8 heteroatoms. The van der Waals surface area contributed by atoms with E-state index in [1.54, 1.807) is 4.68 Å². The summed E-state index contributed by atoms with van der Waals surface area (Å²) in [5, 5.41) is 12.5. The van der Waals surface area contributed by atoms with Crippen molar-refractivity contribution in [3.8, 4) is 11.3 Å². The van der Waals surface area contributed by atoms with Crippen LogP contribution >= 0.6 is 11.3 Å². The first kappa shape index (κ1) is 19.8. The zero-order valence-electron chi connectivity index (χ0n) is 16.5. The fraction of sp³-hybridized carbons (Fsp3) is 0.300. The van der Waals surface area contributed by atoms with Crippen LogP contribution in [0.4, 0.5) is 5.13 Å². The average molecular weight is 398 g/mol. The van der Waals surface area contributed by atoms with E-state index in [9.17, 15) is 9.59 Å². The summed E-state index contributed by atoms with van der Waals surface area (Å²) in [5.74, 6) is -0.265. The molecule has 2 N–H and O–H groups in total. The summed E-state index contributed by atoms with van der Waals surface area (Å²) in [6.07, 6.45) is 0. The number of amides is 2. The minimum Gasteiger partial charge on any atom is -0.350 e. The number of hydrogen-bond acceptors (Lipinski definition) is 5. The van der Waals surface area contributed by atoms with Gasteiger partial charge < -0.3 is 5.32 Å². The van der Waals surface area contributed by atoms with Crippen molar-refractivity contribution in [1.82, 2.24) is 20.1 Å². The normalized spacial score (nSPS) is 11.9. The summed E-state index contributed by atoms with van der Waals surface area (Å²) >= 11 is 1.38. The number of anilines is 1. The first-order valence-corrected chi connectivity index (χ1v) is 9.78. The van der Waals surface area contributed by atoms with Gasteiger partial charge in [0.25, 0.3) is 5.91 Å². The highest BCUT2D eigenvalue weighted by Gasteiger charge is 2.18. The Hall–Kier alpha value is -3.00. The Bertz CT molecular complexity index is 1020. The highest BCUT2D eigenvalue weighted by Crippen LogP contribution is 2.27. The van der Waals surface area contributed by atoms with E-state index >= 15 is 0 Å². The highest BCUT2D eigenvalue weighted by atomic mass is 32.1. The Balaban J connectivity index is 1.73. The Morgan fingerprint density at radius 1 is 1.18 bits per heavy atom. The number of rotatable bonds is 5. The van der Waals surface area contributed by atoms with Gasteiger partial charge in [-0.3, -0.25) is 19.6 Å². The van der Waals surface area contributed by atoms with Crippen LogP contribution in [0.5, 0.6) is 0 Å². The lowest BCUT2D eigenvalue weighted by Gasteiger charge is -2.13. The van der Waals surface area contributed by atoms with Gasteiger partial charge in [-0.1, -0.05) is 24.3 Å². The standard InChI is InChI=1S/C20H23N5O2S/c1-11(21-14(4)26)15-6-8-16(9-7-15)17-10-28-20(22-17)23-19(27)18-12(2)24-25(5)13(18)3/h6-11H,1-5H3,(H,21,26)(H,22,23,27). The fourth-order valence-electron chi connectivity index (χ4n) is 3.06. The third kappa shape index (κ3) is 4.12. The van der Waals surface area contributed by atoms with Gasteiger partial charge in [0, 0.05) is 30.6 Å². The lowest BCUT2D eigenvalue weighted by atomic mass is 10.1. The molecule has 3 aromatic rings. The average Bonchev–Trinajstić information content (AvgIpc) is 3.19. The van der Waals surface area contributed by atoms with Crippen molar-refractivity contribution >= 4 is 28.3 Å². The van der Waals surface area contributed by atoms with Crippen LogP contribution in [0.2, 0.25) is 0 Å². The number of nitrogens with zero attached hydrogens (tertiary/aromatic N) is 3. The molecule has 7 nitrogen and oxygen atoms in total. The van der Waals surface area contributed by atoms with E-state index in [2.05, 4.69) is 20.7 Å². The topological polar surface area (TPSA) is 88.9 Å². The molecule has 0 aliphatic heterocycles. The third-order valence-corrected chi connectivity index (χ3v) is 5.34. The van der Waals surface area contributed by atoms with Gasteiger partial charge in [0.15, 0.2) is 5.13 Å². The molecular weight excluding hydrogens is 374 g/mol. The number of carbonyl (C=O) groups is 2. The predicted molar refractivity (Wildman–Crippen MR) is 110 cm³/mol. The second-order valence-corrected chi connectivity index (χ2v) is 7.56. The lowest BCUT2D eigenvalue weighted by Crippen LogP contribution is -2.23. The maximum Gasteiger partial charge on any atom is 0.261 e. The molecule has 0 bridgehead atoms. The molecule has 1 aromatic carbocycles. The van der Waals surface area contributed by atoms with Crippen LogP contribution in [0.3, 0.4) is 0 Å². The van der Waals surface area contributed by atoms with E-state index in [0.29, 0.717) is 16.4 Å². The number of thiazole rings is 1. The molecular formula is C20H23N5O2S. The van der Waals surface area contributed by atoms with Gasteiger partial charge in [0.05, 0.1) is 23.0 Å². The molecule has 1 atom stereocenters. The Labute approximate surface area is 167 Å². The highest BCUT2D eigenvalue weighted by molar-refractivity contribution is 7.14. The van der Waals surface area contributed by atoms with Crippen LogP contribution in [0.15, 0.2) is 29.6 Å². The van der Waals surface area contributed by atoms with Crippen LogP contribution in [0.1, 0.15) is 47.2 Å². The number of nitrogens with one attached hydrogen (secondary N) is 2. The van der Waals surface area contributed by atoms with E-state index in [4.69, 9.17) is 0 Å². The van der Waals surface area contributed by atoms with Crippen LogP contribution in [0.25, 0.3) is 11.3 Å². The molecule has 0 saturated carbocycles. The van der Waals surface area contributed by atoms with E-state index in [1.165, 1.54) is 18.3 Å². The first-order chi connectivity index (χ1) is 13.3. The number of aromatic nitrogens is 3. The zero-order valence-corrected chi connectivity index (χ0v) is 17.3. The van der Waals surface area contributed by atoms with Gasteiger partial charge in [-0.2, -0.15) is 5.10 Å². The Morgan fingerprint density at radius 3 is 2.43 bits per heavy atom. The van der Waals surface area contributed by atoms with Crippen LogP contribution in [-0.4, -0.2) is 26.6 Å². The van der Waals surface area contributed by atoms with E-state index in [0.717, 1.165) is 22.5 Å². The van der Waals surface area contributed by atoms with Gasteiger partial charge >= 0.3 is 0 Å². The molecule has 2 heterocycles. The molecule has 0 spiro atoms. The van der Waals surface area contributed by atoms with Crippen LogP contribution in [-0.2, 0) is 11.8 Å². The summed E-state index contributed by atoms with van der Waals surface area (Å²) in [6.45, 7) is 7.13. The zero-order chi connectivity index (χ0) is 20.4. The number of carbonyl (C=O) groups excluding carboxylic acids is 2. The smallest absolute Gasteiger partial charge is 0.261 e. The molecule has 0 radical (unpaired) electrons. The summed E-state index contributed by atoms with van der Waals surface area (Å²) in [5.41, 5.74) is 4.84. The third-order valence-electron chi connectivity index (χ3n) is 4.59. The monoisotopic (exact) mass is 397 g/mol. The second-order valence-electron chi connectivity index (χ2n) is 6.71. The summed E-state index contributed by atoms with van der Waals surface area (Å²) in [7, 11) is 1.82. The summed E-state index contributed by atoms with van der Waals surface area (Å²) in [4.78, 5) is 28.3. The van der Waals surface area contributed by atoms with E-state index in [1.807, 2.05) is 57.5 Å². The quantitative estimate of drug-likeness (QED) is 0.688. The maximum absolute atomic E-state index is 12.6. The van der Waals surface area contributed by atoms with Crippen molar-refractivity contribution in [2.24, 2.45) is 7.05 Å². The minimum absolute atomic E-state index is 0.0530. The second kappa shape index (κ2) is 7.93. The van der Waals surface area contributed by atoms with Crippen molar-refractivity contribution in [2.75, 3.05) is 5.32 Å². The minimum atomic E-state index is -0.205. The van der Waals surface area contributed by atoms with Crippen molar-refractivity contribution < 1.29 is 9.59 Å². The number of aryl methyl sites for hydroxylation is 2. The molecule has 1 unspecified atom stereocenters. The van der Waals surface area contributed by atoms with E-state index in [-0.39, 0.29) is 17.9 Å². The van der Waals surface area contributed by atoms with Gasteiger partial charge in [0.2, 0.25) is 5.91 Å².